The lowest BCUT2D eigenvalue weighted by Crippen LogP contribution is -2.40. The topological polar surface area (TPSA) is 82.3 Å². The quantitative estimate of drug-likeness (QED) is 0.778. The molecule has 0 aliphatic heterocycles. The van der Waals surface area contributed by atoms with Gasteiger partial charge in [0.15, 0.2) is 0 Å². The fourth-order valence-corrected chi connectivity index (χ4v) is 2.61. The smallest absolute Gasteiger partial charge is 0.331 e. The molecule has 0 saturated heterocycles. The summed E-state index contributed by atoms with van der Waals surface area (Å²) in [6.07, 6.45) is 0. The van der Waals surface area contributed by atoms with Crippen molar-refractivity contribution in [3.05, 3.63) is 69.4 Å². The number of hydrogen-bond donors (Lipinski definition) is 1. The predicted octanol–water partition coefficient (Wildman–Crippen LogP) is 1.35. The molecule has 0 saturated carbocycles. The van der Waals surface area contributed by atoms with Crippen LogP contribution in [0.15, 0.2) is 58.1 Å². The van der Waals surface area contributed by atoms with Gasteiger partial charge in [0.1, 0.15) is 12.3 Å². The summed E-state index contributed by atoms with van der Waals surface area (Å²) in [6, 6.07) is 13.6. The van der Waals surface area contributed by atoms with E-state index in [0.717, 1.165) is 4.57 Å². The molecule has 2 aromatic carbocycles. The number of carbonyl (C=O) groups excluding carboxylic acids is 1. The normalized spacial score (nSPS) is 10.6. The largest absolute Gasteiger partial charge is 0.497 e. The van der Waals surface area contributed by atoms with Crippen LogP contribution in [0.2, 0.25) is 0 Å². The third-order valence-electron chi connectivity index (χ3n) is 3.92. The van der Waals surface area contributed by atoms with E-state index in [2.05, 4.69) is 5.32 Å². The highest BCUT2D eigenvalue weighted by Crippen LogP contribution is 2.15. The lowest BCUT2D eigenvalue weighted by atomic mass is 10.2. The van der Waals surface area contributed by atoms with Gasteiger partial charge in [-0.15, -0.1) is 0 Å². The molecule has 0 radical (unpaired) electrons. The maximum atomic E-state index is 12.4. The van der Waals surface area contributed by atoms with E-state index in [9.17, 15) is 14.4 Å². The molecule has 7 heteroatoms. The Morgan fingerprint density at radius 2 is 1.76 bits per heavy atom. The summed E-state index contributed by atoms with van der Waals surface area (Å²) < 4.78 is 7.36. The molecule has 1 amide bonds. The lowest BCUT2D eigenvalue weighted by molar-refractivity contribution is -0.116. The van der Waals surface area contributed by atoms with Crippen LogP contribution in [0.4, 0.5) is 5.69 Å². The summed E-state index contributed by atoms with van der Waals surface area (Å²) in [7, 11) is 2.96. The number of amides is 1. The molecule has 128 valence electrons. The first-order chi connectivity index (χ1) is 12.0. The maximum Gasteiger partial charge on any atom is 0.331 e. The van der Waals surface area contributed by atoms with Gasteiger partial charge < -0.3 is 10.1 Å². The first-order valence-corrected chi connectivity index (χ1v) is 7.63. The van der Waals surface area contributed by atoms with Crippen LogP contribution in [-0.2, 0) is 18.4 Å². The van der Waals surface area contributed by atoms with E-state index in [0.29, 0.717) is 22.3 Å². The van der Waals surface area contributed by atoms with Crippen LogP contribution in [0.3, 0.4) is 0 Å². The minimum Gasteiger partial charge on any atom is -0.497 e. The summed E-state index contributed by atoms with van der Waals surface area (Å²) >= 11 is 0. The zero-order valence-corrected chi connectivity index (χ0v) is 13.9. The second-order valence-corrected chi connectivity index (χ2v) is 5.53. The van der Waals surface area contributed by atoms with Crippen LogP contribution in [0.5, 0.6) is 5.75 Å². The van der Waals surface area contributed by atoms with E-state index < -0.39 is 5.69 Å². The number of nitrogens with zero attached hydrogens (tertiary/aromatic N) is 2. The first kappa shape index (κ1) is 16.5. The molecule has 1 N–H and O–H groups in total. The van der Waals surface area contributed by atoms with Gasteiger partial charge >= 0.3 is 5.69 Å². The van der Waals surface area contributed by atoms with Gasteiger partial charge in [-0.2, -0.15) is 0 Å². The highest BCUT2D eigenvalue weighted by atomic mass is 16.5. The number of ether oxygens (including phenoxy) is 1. The van der Waals surface area contributed by atoms with Gasteiger partial charge in [-0.1, -0.05) is 12.1 Å². The Bertz CT molecular complexity index is 1050. The number of aromatic nitrogens is 2. The van der Waals surface area contributed by atoms with Crippen LogP contribution in [0.1, 0.15) is 0 Å². The monoisotopic (exact) mass is 339 g/mol. The van der Waals surface area contributed by atoms with Crippen molar-refractivity contribution in [3.8, 4) is 5.75 Å². The molecule has 3 aromatic rings. The number of nitrogens with one attached hydrogen (secondary N) is 1. The van der Waals surface area contributed by atoms with Crippen molar-refractivity contribution >= 4 is 22.5 Å². The van der Waals surface area contributed by atoms with E-state index in [1.54, 1.807) is 55.6 Å². The van der Waals surface area contributed by atoms with Crippen molar-refractivity contribution in [3.63, 3.8) is 0 Å². The Hall–Kier alpha value is -3.35. The van der Waals surface area contributed by atoms with E-state index in [-0.39, 0.29) is 18.0 Å². The molecule has 0 spiro atoms. The number of rotatable bonds is 4. The van der Waals surface area contributed by atoms with Crippen molar-refractivity contribution in [2.24, 2.45) is 7.05 Å². The molecule has 0 bridgehead atoms. The first-order valence-electron chi connectivity index (χ1n) is 7.63. The highest BCUT2D eigenvalue weighted by Gasteiger charge is 2.13. The minimum absolute atomic E-state index is 0.195. The fraction of sp³-hybridized carbons (Fsp3) is 0.167. The molecule has 1 heterocycles. The van der Waals surface area contributed by atoms with Gasteiger partial charge in [0, 0.05) is 12.7 Å². The molecule has 0 atom stereocenters. The van der Waals surface area contributed by atoms with E-state index in [1.807, 2.05) is 0 Å². The summed E-state index contributed by atoms with van der Waals surface area (Å²) in [4.78, 5) is 36.9. The van der Waals surface area contributed by atoms with Gasteiger partial charge in [-0.25, -0.2) is 4.79 Å². The number of methoxy groups -OCH3 is 1. The van der Waals surface area contributed by atoms with E-state index in [1.165, 1.54) is 11.6 Å². The molecule has 7 nitrogen and oxygen atoms in total. The van der Waals surface area contributed by atoms with Gasteiger partial charge in [0.25, 0.3) is 5.56 Å². The van der Waals surface area contributed by atoms with Gasteiger partial charge in [-0.05, 0) is 36.4 Å². The standard InChI is InChI=1S/C18H17N3O4/c1-20-17(23)14-5-3-4-6-15(14)21(18(20)24)11-16(22)19-12-7-9-13(25-2)10-8-12/h3-10H,11H2,1-2H3,(H,19,22). The van der Waals surface area contributed by atoms with Crippen LogP contribution < -0.4 is 21.3 Å². The Morgan fingerprint density at radius 1 is 1.08 bits per heavy atom. The van der Waals surface area contributed by atoms with Crippen LogP contribution in [-0.4, -0.2) is 22.2 Å². The summed E-state index contributed by atoms with van der Waals surface area (Å²) in [5, 5.41) is 3.12. The second kappa shape index (κ2) is 6.64. The molecule has 0 aliphatic rings. The van der Waals surface area contributed by atoms with Crippen molar-refractivity contribution < 1.29 is 9.53 Å². The molecular weight excluding hydrogens is 322 g/mol. The van der Waals surface area contributed by atoms with E-state index in [4.69, 9.17) is 4.74 Å². The lowest BCUT2D eigenvalue weighted by Gasteiger charge is -2.12. The van der Waals surface area contributed by atoms with Crippen molar-refractivity contribution in [2.45, 2.75) is 6.54 Å². The average molecular weight is 339 g/mol. The molecular formula is C18H17N3O4. The Kier molecular flexibility index (Phi) is 4.38. The van der Waals surface area contributed by atoms with Crippen LogP contribution >= 0.6 is 0 Å². The maximum absolute atomic E-state index is 12.4. The molecule has 3 rings (SSSR count). The Balaban J connectivity index is 1.93. The fourth-order valence-electron chi connectivity index (χ4n) is 2.61. The number of fused-ring (bicyclic) bond motifs is 1. The third-order valence-corrected chi connectivity index (χ3v) is 3.92. The number of benzene rings is 2. The number of carbonyl (C=O) groups is 1. The molecule has 0 unspecified atom stereocenters. The van der Waals surface area contributed by atoms with Crippen molar-refractivity contribution in [1.82, 2.24) is 9.13 Å². The average Bonchev–Trinajstić information content (AvgIpc) is 2.64. The molecule has 0 aliphatic carbocycles. The summed E-state index contributed by atoms with van der Waals surface area (Å²) in [6.45, 7) is -0.195. The number of hydrogen-bond acceptors (Lipinski definition) is 4. The van der Waals surface area contributed by atoms with Gasteiger partial charge in [0.05, 0.1) is 18.0 Å². The number of para-hydroxylation sites is 1. The minimum atomic E-state index is -0.534. The van der Waals surface area contributed by atoms with Crippen LogP contribution in [0.25, 0.3) is 10.9 Å². The molecule has 1 aromatic heterocycles. The summed E-state index contributed by atoms with van der Waals surface area (Å²) in [5.41, 5.74) is 0.106. The second-order valence-electron chi connectivity index (χ2n) is 5.53. The molecule has 0 fully saturated rings. The van der Waals surface area contributed by atoms with Gasteiger partial charge in [-0.3, -0.25) is 18.7 Å². The van der Waals surface area contributed by atoms with Crippen LogP contribution in [0, 0.1) is 0 Å². The van der Waals surface area contributed by atoms with Gasteiger partial charge in [0.2, 0.25) is 5.91 Å². The Labute approximate surface area is 143 Å². The van der Waals surface area contributed by atoms with E-state index >= 15 is 0 Å². The summed E-state index contributed by atoms with van der Waals surface area (Å²) in [5.74, 6) is 0.314. The molecule has 25 heavy (non-hydrogen) atoms. The van der Waals surface area contributed by atoms with Crippen molar-refractivity contribution in [1.29, 1.82) is 0 Å². The SMILES string of the molecule is COc1ccc(NC(=O)Cn2c(=O)n(C)c(=O)c3ccccc32)cc1. The third kappa shape index (κ3) is 3.16. The predicted molar refractivity (Wildman–Crippen MR) is 95.1 cm³/mol. The highest BCUT2D eigenvalue weighted by molar-refractivity contribution is 5.91. The zero-order valence-electron chi connectivity index (χ0n) is 13.9. The van der Waals surface area contributed by atoms with Crippen molar-refractivity contribution in [2.75, 3.05) is 12.4 Å². The number of anilines is 1. The Morgan fingerprint density at radius 3 is 2.44 bits per heavy atom. The zero-order chi connectivity index (χ0) is 18.0.